The van der Waals surface area contributed by atoms with Crippen LogP contribution in [-0.2, 0) is 4.74 Å². The van der Waals surface area contributed by atoms with Gasteiger partial charge < -0.3 is 9.84 Å². The van der Waals surface area contributed by atoms with Crippen molar-refractivity contribution >= 4 is 38.5 Å². The molecule has 1 fully saturated rings. The van der Waals surface area contributed by atoms with Gasteiger partial charge in [0.05, 0.1) is 12.2 Å². The van der Waals surface area contributed by atoms with E-state index < -0.39 is 0 Å². The molecule has 1 aromatic carbocycles. The summed E-state index contributed by atoms with van der Waals surface area (Å²) < 4.78 is 7.74. The van der Waals surface area contributed by atoms with Crippen molar-refractivity contribution in [3.63, 3.8) is 0 Å². The average Bonchev–Trinajstić information content (AvgIpc) is 2.85. The molecule has 1 aliphatic heterocycles. The Kier molecular flexibility index (Phi) is 5.92. The van der Waals surface area contributed by atoms with Gasteiger partial charge in [-0.15, -0.1) is 0 Å². The first-order valence-electron chi connectivity index (χ1n) is 6.41. The molecule has 0 radical (unpaired) electrons. The Morgan fingerprint density at radius 2 is 2.33 bits per heavy atom. The minimum absolute atomic E-state index is 0.365. The zero-order valence-electron chi connectivity index (χ0n) is 10.2. The summed E-state index contributed by atoms with van der Waals surface area (Å²) in [4.78, 5) is 0. The van der Waals surface area contributed by atoms with Crippen LogP contribution < -0.4 is 0 Å². The monoisotopic (exact) mass is 424 g/mol. The standard InChI is InChI=1S/C14H18BrIO2/c15-10-6-7-13(16)12(9-10)14(17)5-1-3-11-4-2-8-18-11/h6-7,9,11,14,17H,1-5,8H2. The lowest BCUT2D eigenvalue weighted by Crippen LogP contribution is -2.06. The summed E-state index contributed by atoms with van der Waals surface area (Å²) >= 11 is 5.73. The molecule has 0 amide bonds. The van der Waals surface area contributed by atoms with Gasteiger partial charge in [0.25, 0.3) is 0 Å². The topological polar surface area (TPSA) is 29.5 Å². The summed E-state index contributed by atoms with van der Waals surface area (Å²) in [5.41, 5.74) is 1.03. The van der Waals surface area contributed by atoms with Gasteiger partial charge in [0.15, 0.2) is 0 Å². The van der Waals surface area contributed by atoms with Crippen molar-refractivity contribution in [2.45, 2.75) is 44.3 Å². The van der Waals surface area contributed by atoms with Gasteiger partial charge in [-0.1, -0.05) is 15.9 Å². The molecule has 2 unspecified atom stereocenters. The molecular formula is C14H18BrIO2. The molecule has 1 aromatic rings. The normalized spacial score (nSPS) is 21.2. The van der Waals surface area contributed by atoms with Crippen LogP contribution in [0.15, 0.2) is 22.7 Å². The fourth-order valence-corrected chi connectivity index (χ4v) is 3.41. The Bertz CT molecular complexity index is 391. The van der Waals surface area contributed by atoms with E-state index in [2.05, 4.69) is 38.5 Å². The molecule has 1 N–H and O–H groups in total. The van der Waals surface area contributed by atoms with E-state index in [0.29, 0.717) is 6.10 Å². The first kappa shape index (κ1) is 14.8. The van der Waals surface area contributed by atoms with Crippen molar-refractivity contribution in [1.29, 1.82) is 0 Å². The third-order valence-corrected chi connectivity index (χ3v) is 4.82. The van der Waals surface area contributed by atoms with E-state index >= 15 is 0 Å². The zero-order valence-corrected chi connectivity index (χ0v) is 14.0. The quantitative estimate of drug-likeness (QED) is 0.708. The second kappa shape index (κ2) is 7.22. The number of halogens is 2. The fraction of sp³-hybridized carbons (Fsp3) is 0.571. The molecule has 1 aliphatic rings. The molecule has 0 aliphatic carbocycles. The van der Waals surface area contributed by atoms with Crippen molar-refractivity contribution in [3.05, 3.63) is 31.8 Å². The molecule has 1 heterocycles. The molecule has 0 spiro atoms. The third kappa shape index (κ3) is 4.18. The second-order valence-corrected chi connectivity index (χ2v) is 6.83. The highest BCUT2D eigenvalue weighted by Crippen LogP contribution is 2.28. The van der Waals surface area contributed by atoms with E-state index in [1.165, 1.54) is 12.8 Å². The Labute approximate surface area is 130 Å². The maximum absolute atomic E-state index is 10.2. The van der Waals surface area contributed by atoms with E-state index in [1.807, 2.05) is 18.2 Å². The van der Waals surface area contributed by atoms with Crippen molar-refractivity contribution < 1.29 is 9.84 Å². The van der Waals surface area contributed by atoms with Crippen LogP contribution in [0.4, 0.5) is 0 Å². The fourth-order valence-electron chi connectivity index (χ4n) is 2.34. The van der Waals surface area contributed by atoms with Crippen molar-refractivity contribution in [2.75, 3.05) is 6.61 Å². The van der Waals surface area contributed by atoms with E-state index in [0.717, 1.165) is 39.5 Å². The van der Waals surface area contributed by atoms with Crippen LogP contribution in [0.1, 0.15) is 43.8 Å². The van der Waals surface area contributed by atoms with Crippen molar-refractivity contribution in [3.8, 4) is 0 Å². The minimum atomic E-state index is -0.365. The number of benzene rings is 1. The van der Waals surface area contributed by atoms with Crippen LogP contribution in [0.3, 0.4) is 0 Å². The molecule has 2 nitrogen and oxygen atoms in total. The predicted molar refractivity (Wildman–Crippen MR) is 84.6 cm³/mol. The van der Waals surface area contributed by atoms with Crippen LogP contribution >= 0.6 is 38.5 Å². The third-order valence-electron chi connectivity index (χ3n) is 3.34. The predicted octanol–water partition coefficient (Wildman–Crippen LogP) is 4.44. The Morgan fingerprint density at radius 1 is 1.50 bits per heavy atom. The molecule has 4 heteroatoms. The summed E-state index contributed by atoms with van der Waals surface area (Å²) in [6.45, 7) is 0.913. The summed E-state index contributed by atoms with van der Waals surface area (Å²) in [5, 5.41) is 10.2. The van der Waals surface area contributed by atoms with Crippen LogP contribution in [-0.4, -0.2) is 17.8 Å². The number of aliphatic hydroxyl groups excluding tert-OH is 1. The Balaban J connectivity index is 1.83. The van der Waals surface area contributed by atoms with Gasteiger partial charge in [-0.25, -0.2) is 0 Å². The van der Waals surface area contributed by atoms with Gasteiger partial charge in [0.2, 0.25) is 0 Å². The van der Waals surface area contributed by atoms with Gasteiger partial charge in [0, 0.05) is 14.6 Å². The zero-order chi connectivity index (χ0) is 13.0. The maximum Gasteiger partial charge on any atom is 0.0800 e. The summed E-state index contributed by atoms with van der Waals surface area (Å²) in [5.74, 6) is 0. The highest BCUT2D eigenvalue weighted by Gasteiger charge is 2.17. The lowest BCUT2D eigenvalue weighted by molar-refractivity contribution is 0.0944. The van der Waals surface area contributed by atoms with E-state index in [9.17, 15) is 5.11 Å². The van der Waals surface area contributed by atoms with Crippen LogP contribution in [0, 0.1) is 3.57 Å². The lowest BCUT2D eigenvalue weighted by atomic mass is 10.0. The molecule has 2 rings (SSSR count). The number of ether oxygens (including phenoxy) is 1. The molecule has 18 heavy (non-hydrogen) atoms. The summed E-state index contributed by atoms with van der Waals surface area (Å²) in [6.07, 6.45) is 5.35. The second-order valence-electron chi connectivity index (χ2n) is 4.75. The summed E-state index contributed by atoms with van der Waals surface area (Å²) in [7, 11) is 0. The summed E-state index contributed by atoms with van der Waals surface area (Å²) in [6, 6.07) is 6.05. The highest BCUT2D eigenvalue weighted by atomic mass is 127. The van der Waals surface area contributed by atoms with Gasteiger partial charge >= 0.3 is 0 Å². The van der Waals surface area contributed by atoms with Crippen LogP contribution in [0.5, 0.6) is 0 Å². The van der Waals surface area contributed by atoms with E-state index in [-0.39, 0.29) is 6.10 Å². The molecule has 0 aromatic heterocycles. The number of aliphatic hydroxyl groups is 1. The van der Waals surface area contributed by atoms with Gasteiger partial charge in [0.1, 0.15) is 0 Å². The molecular weight excluding hydrogens is 407 g/mol. The SMILES string of the molecule is OC(CCCC1CCCO1)c1cc(Br)ccc1I. The highest BCUT2D eigenvalue weighted by molar-refractivity contribution is 14.1. The van der Waals surface area contributed by atoms with Gasteiger partial charge in [-0.3, -0.25) is 0 Å². The van der Waals surface area contributed by atoms with Crippen molar-refractivity contribution in [1.82, 2.24) is 0 Å². The Morgan fingerprint density at radius 3 is 3.06 bits per heavy atom. The number of hydrogen-bond donors (Lipinski definition) is 1. The van der Waals surface area contributed by atoms with E-state index in [4.69, 9.17) is 4.74 Å². The number of rotatable bonds is 5. The molecule has 1 saturated heterocycles. The van der Waals surface area contributed by atoms with E-state index in [1.54, 1.807) is 0 Å². The molecule has 2 atom stereocenters. The first-order valence-corrected chi connectivity index (χ1v) is 8.28. The van der Waals surface area contributed by atoms with Crippen LogP contribution in [0.2, 0.25) is 0 Å². The lowest BCUT2D eigenvalue weighted by Gasteiger charge is -2.15. The average molecular weight is 425 g/mol. The number of hydrogen-bond acceptors (Lipinski definition) is 2. The Hall–Kier alpha value is 0.350. The minimum Gasteiger partial charge on any atom is -0.388 e. The largest absolute Gasteiger partial charge is 0.388 e. The van der Waals surface area contributed by atoms with Gasteiger partial charge in [-0.2, -0.15) is 0 Å². The molecule has 0 saturated carbocycles. The van der Waals surface area contributed by atoms with Gasteiger partial charge in [-0.05, 0) is 78.5 Å². The molecule has 100 valence electrons. The van der Waals surface area contributed by atoms with Crippen molar-refractivity contribution in [2.24, 2.45) is 0 Å². The molecule has 0 bridgehead atoms. The maximum atomic E-state index is 10.2. The smallest absolute Gasteiger partial charge is 0.0800 e. The first-order chi connectivity index (χ1) is 8.66. The van der Waals surface area contributed by atoms with Crippen LogP contribution in [0.25, 0.3) is 0 Å².